The Labute approximate surface area is 335 Å². The second-order valence-corrected chi connectivity index (χ2v) is 16.4. The highest BCUT2D eigenvalue weighted by Crippen LogP contribution is 2.66. The van der Waals surface area contributed by atoms with Crippen LogP contribution < -0.4 is 0 Å². The lowest BCUT2D eigenvalue weighted by Gasteiger charge is -2.56. The fourth-order valence-electron chi connectivity index (χ4n) is 10.5. The summed E-state index contributed by atoms with van der Waals surface area (Å²) in [7, 11) is 0. The van der Waals surface area contributed by atoms with Gasteiger partial charge in [-0.25, -0.2) is 9.98 Å². The van der Waals surface area contributed by atoms with Crippen LogP contribution in [0.2, 0.25) is 0 Å². The Bertz CT molecular complexity index is 2760. The van der Waals surface area contributed by atoms with Crippen molar-refractivity contribution in [3.8, 4) is 17.2 Å². The summed E-state index contributed by atoms with van der Waals surface area (Å²) in [5.41, 5.74) is 17.2. The van der Waals surface area contributed by atoms with Crippen LogP contribution in [0.4, 0.5) is 0 Å². The molecule has 10 rings (SSSR count). The van der Waals surface area contributed by atoms with E-state index < -0.39 is 0 Å². The van der Waals surface area contributed by atoms with Crippen LogP contribution in [0.1, 0.15) is 83.7 Å². The lowest BCUT2D eigenvalue weighted by molar-refractivity contribution is 0.228. The summed E-state index contributed by atoms with van der Waals surface area (Å²) in [5, 5.41) is 9.65. The van der Waals surface area contributed by atoms with Crippen LogP contribution >= 0.6 is 0 Å². The van der Waals surface area contributed by atoms with Crippen LogP contribution in [0, 0.1) is 23.2 Å². The van der Waals surface area contributed by atoms with Crippen LogP contribution in [0.5, 0.6) is 0 Å². The summed E-state index contributed by atoms with van der Waals surface area (Å²) < 4.78 is 0. The molecule has 2 unspecified atom stereocenters. The quantitative estimate of drug-likeness (QED) is 0.178. The van der Waals surface area contributed by atoms with Gasteiger partial charge >= 0.3 is 0 Å². The third-order valence-electron chi connectivity index (χ3n) is 13.0. The van der Waals surface area contributed by atoms with Crippen LogP contribution in [0.3, 0.4) is 0 Å². The van der Waals surface area contributed by atoms with E-state index in [4.69, 9.17) is 9.98 Å². The highest BCUT2D eigenvalue weighted by molar-refractivity contribution is 6.14. The zero-order valence-electron chi connectivity index (χ0n) is 32.6. The number of hydrogen-bond acceptors (Lipinski definition) is 3. The molecule has 0 fully saturated rings. The fraction of sp³-hybridized carbons (Fsp3) is 0.167. The Kier molecular flexibility index (Phi) is 8.27. The average molecular weight is 734 g/mol. The maximum atomic E-state index is 9.65. The molecule has 0 bridgehead atoms. The summed E-state index contributed by atoms with van der Waals surface area (Å²) in [6.07, 6.45) is 8.76. The summed E-state index contributed by atoms with van der Waals surface area (Å²) in [4.78, 5) is 10.7. The third kappa shape index (κ3) is 5.39. The molecule has 3 aliphatic carbocycles. The molecule has 57 heavy (non-hydrogen) atoms. The van der Waals surface area contributed by atoms with Crippen molar-refractivity contribution in [1.29, 1.82) is 5.26 Å². The first-order chi connectivity index (χ1) is 27.9. The van der Waals surface area contributed by atoms with Crippen LogP contribution in [-0.4, -0.2) is 11.5 Å². The topological polar surface area (TPSA) is 48.5 Å². The Morgan fingerprint density at radius 2 is 1.21 bits per heavy atom. The Morgan fingerprint density at radius 3 is 1.95 bits per heavy atom. The zero-order valence-corrected chi connectivity index (χ0v) is 32.6. The number of nitriles is 1. The first-order valence-electron chi connectivity index (χ1n) is 20.1. The van der Waals surface area contributed by atoms with Gasteiger partial charge in [0.2, 0.25) is 0 Å². The van der Waals surface area contributed by atoms with Crippen molar-refractivity contribution in [2.75, 3.05) is 0 Å². The zero-order chi connectivity index (χ0) is 38.7. The van der Waals surface area contributed by atoms with E-state index in [1.165, 1.54) is 50.1 Å². The van der Waals surface area contributed by atoms with E-state index in [0.717, 1.165) is 40.9 Å². The summed E-state index contributed by atoms with van der Waals surface area (Å²) >= 11 is 0. The molecule has 0 amide bonds. The van der Waals surface area contributed by atoms with E-state index in [-0.39, 0.29) is 22.7 Å². The lowest BCUT2D eigenvalue weighted by atomic mass is 9.46. The molecule has 0 aromatic heterocycles. The molecule has 1 aliphatic heterocycles. The molecule has 2 atom stereocenters. The minimum Gasteiger partial charge on any atom is -0.232 e. The first-order valence-corrected chi connectivity index (χ1v) is 20.1. The summed E-state index contributed by atoms with van der Waals surface area (Å²) in [6, 6.07) is 56.9. The third-order valence-corrected chi connectivity index (χ3v) is 13.0. The van der Waals surface area contributed by atoms with E-state index in [1.807, 2.05) is 42.5 Å². The SMILES string of the molecule is C/C1=C(/c2cccc(C3=CC=CC4C3C(C)(C)c3ccccc3C43c4ccccc4-c4ccccc43)c2)N=C(c2ccccc2)N=C(c2cccc(C#N)c2)CC1. The molecule has 0 radical (unpaired) electrons. The van der Waals surface area contributed by atoms with E-state index in [0.29, 0.717) is 11.4 Å². The molecule has 274 valence electrons. The van der Waals surface area contributed by atoms with Crippen molar-refractivity contribution in [1.82, 2.24) is 0 Å². The monoisotopic (exact) mass is 733 g/mol. The van der Waals surface area contributed by atoms with Gasteiger partial charge in [0.1, 0.15) is 0 Å². The maximum absolute atomic E-state index is 9.65. The number of allylic oxidation sites excluding steroid dienone is 5. The second-order valence-electron chi connectivity index (χ2n) is 16.4. The van der Waals surface area contributed by atoms with Gasteiger partial charge in [-0.2, -0.15) is 5.26 Å². The number of nitrogens with zero attached hydrogens (tertiary/aromatic N) is 3. The van der Waals surface area contributed by atoms with Crippen molar-refractivity contribution in [3.63, 3.8) is 0 Å². The number of fused-ring (bicyclic) bond motifs is 9. The first kappa shape index (κ1) is 34.8. The van der Waals surface area contributed by atoms with Gasteiger partial charge in [0.25, 0.3) is 0 Å². The summed E-state index contributed by atoms with van der Waals surface area (Å²) in [6.45, 7) is 7.13. The molecule has 1 spiro atoms. The summed E-state index contributed by atoms with van der Waals surface area (Å²) in [5.74, 6) is 1.06. The Balaban J connectivity index is 1.12. The molecule has 6 aromatic rings. The van der Waals surface area contributed by atoms with Gasteiger partial charge in [0, 0.05) is 23.0 Å². The molecule has 0 saturated carbocycles. The largest absolute Gasteiger partial charge is 0.232 e. The number of rotatable bonds is 4. The van der Waals surface area contributed by atoms with Gasteiger partial charge in [0.05, 0.1) is 28.5 Å². The normalized spacial score (nSPS) is 21.1. The molecule has 3 nitrogen and oxygen atoms in total. The molecule has 3 heteroatoms. The smallest absolute Gasteiger partial charge is 0.160 e. The molecule has 1 heterocycles. The predicted octanol–water partition coefficient (Wildman–Crippen LogP) is 12.5. The van der Waals surface area contributed by atoms with Crippen LogP contribution in [0.15, 0.2) is 185 Å². The molecule has 0 N–H and O–H groups in total. The number of hydrogen-bond donors (Lipinski definition) is 0. The lowest BCUT2D eigenvalue weighted by Crippen LogP contribution is -2.52. The van der Waals surface area contributed by atoms with Gasteiger partial charge in [-0.15, -0.1) is 0 Å². The Morgan fingerprint density at radius 1 is 0.596 bits per heavy atom. The Hall–Kier alpha value is -6.63. The van der Waals surface area contributed by atoms with Crippen molar-refractivity contribution in [3.05, 3.63) is 226 Å². The van der Waals surface area contributed by atoms with E-state index in [9.17, 15) is 5.26 Å². The van der Waals surface area contributed by atoms with Crippen molar-refractivity contribution in [2.45, 2.75) is 44.4 Å². The van der Waals surface area contributed by atoms with Crippen LogP contribution in [-0.2, 0) is 10.8 Å². The molecular formula is C54H43N3. The number of benzene rings is 6. The fourth-order valence-corrected chi connectivity index (χ4v) is 10.5. The van der Waals surface area contributed by atoms with Gasteiger partial charge < -0.3 is 0 Å². The van der Waals surface area contributed by atoms with Crippen molar-refractivity contribution in [2.24, 2.45) is 21.8 Å². The van der Waals surface area contributed by atoms with Crippen molar-refractivity contribution < 1.29 is 0 Å². The molecular weight excluding hydrogens is 691 g/mol. The van der Waals surface area contributed by atoms with E-state index in [1.54, 1.807) is 0 Å². The molecule has 4 aliphatic rings. The van der Waals surface area contributed by atoms with Crippen LogP contribution in [0.25, 0.3) is 22.4 Å². The van der Waals surface area contributed by atoms with E-state index >= 15 is 0 Å². The maximum Gasteiger partial charge on any atom is 0.160 e. The highest BCUT2D eigenvalue weighted by Gasteiger charge is 2.60. The average Bonchev–Trinajstić information content (AvgIpc) is 3.55. The van der Waals surface area contributed by atoms with Gasteiger partial charge in [-0.3, -0.25) is 0 Å². The molecule has 6 aromatic carbocycles. The standard InChI is InChI=1S/C54H43N3/c1-35-30-31-49(39-20-13-16-36(32-39)34-55)56-52(37-17-5-4-6-18-37)57-51(35)40-21-14-19-38(33-40)41-24-15-29-48-50(41)53(2,3)46-27-11-12-28-47(46)54(48)44-25-9-7-22-42(44)43-23-8-10-26-45(43)54/h4-29,32-33,48,50H,30-31H2,1-3H3/b51-35+,56-49?,57-52?. The minimum absolute atomic E-state index is 0.159. The van der Waals surface area contributed by atoms with Gasteiger partial charge in [0.15, 0.2) is 5.84 Å². The number of amidine groups is 1. The van der Waals surface area contributed by atoms with Gasteiger partial charge in [-0.05, 0) is 99.0 Å². The van der Waals surface area contributed by atoms with E-state index in [2.05, 4.69) is 154 Å². The van der Waals surface area contributed by atoms with Gasteiger partial charge in [-0.1, -0.05) is 166 Å². The minimum atomic E-state index is -0.326. The highest BCUT2D eigenvalue weighted by atomic mass is 14.9. The van der Waals surface area contributed by atoms with Crippen molar-refractivity contribution >= 4 is 22.8 Å². The predicted molar refractivity (Wildman–Crippen MR) is 234 cm³/mol. The number of aliphatic imine (C=N–C) groups is 2. The second kappa shape index (κ2) is 13.5. The molecule has 0 saturated heterocycles.